The average Bonchev–Trinajstić information content (AvgIpc) is 3.23. The number of para-hydroxylation sites is 1. The summed E-state index contributed by atoms with van der Waals surface area (Å²) in [6, 6.07) is 6.89. The SMILES string of the molecule is NCc1cccc(Cl)c1N1CCN(C2CC2)CC1. The molecule has 1 heterocycles. The lowest BCUT2D eigenvalue weighted by molar-refractivity contribution is 0.248. The summed E-state index contributed by atoms with van der Waals surface area (Å²) in [7, 11) is 0. The lowest BCUT2D eigenvalue weighted by atomic mass is 10.1. The summed E-state index contributed by atoms with van der Waals surface area (Å²) in [5, 5.41) is 0.831. The second-order valence-electron chi connectivity index (χ2n) is 5.21. The highest BCUT2D eigenvalue weighted by molar-refractivity contribution is 6.33. The highest BCUT2D eigenvalue weighted by Crippen LogP contribution is 2.32. The highest BCUT2D eigenvalue weighted by atomic mass is 35.5. The molecule has 3 rings (SSSR count). The molecule has 2 fully saturated rings. The van der Waals surface area contributed by atoms with Crippen molar-refractivity contribution in [2.75, 3.05) is 31.1 Å². The topological polar surface area (TPSA) is 32.5 Å². The zero-order valence-electron chi connectivity index (χ0n) is 10.6. The van der Waals surface area contributed by atoms with Gasteiger partial charge in [-0.2, -0.15) is 0 Å². The van der Waals surface area contributed by atoms with Gasteiger partial charge >= 0.3 is 0 Å². The molecule has 2 aliphatic rings. The number of benzene rings is 1. The number of halogens is 1. The molecular weight excluding hydrogens is 246 g/mol. The number of anilines is 1. The Morgan fingerprint density at radius 2 is 1.89 bits per heavy atom. The molecule has 0 aromatic heterocycles. The molecule has 98 valence electrons. The molecular formula is C14H20ClN3. The van der Waals surface area contributed by atoms with Gasteiger partial charge < -0.3 is 10.6 Å². The van der Waals surface area contributed by atoms with E-state index >= 15 is 0 Å². The molecule has 4 heteroatoms. The summed E-state index contributed by atoms with van der Waals surface area (Å²) in [5.41, 5.74) is 8.12. The summed E-state index contributed by atoms with van der Waals surface area (Å²) >= 11 is 6.34. The Labute approximate surface area is 114 Å². The van der Waals surface area contributed by atoms with Gasteiger partial charge in [0.15, 0.2) is 0 Å². The number of rotatable bonds is 3. The lowest BCUT2D eigenvalue weighted by Gasteiger charge is -2.37. The number of hydrogen-bond acceptors (Lipinski definition) is 3. The third-order valence-electron chi connectivity index (χ3n) is 3.98. The summed E-state index contributed by atoms with van der Waals surface area (Å²) in [6.07, 6.45) is 2.78. The van der Waals surface area contributed by atoms with Gasteiger partial charge in [-0.3, -0.25) is 4.90 Å². The van der Waals surface area contributed by atoms with Crippen molar-refractivity contribution in [3.05, 3.63) is 28.8 Å². The van der Waals surface area contributed by atoms with Crippen molar-refractivity contribution >= 4 is 17.3 Å². The van der Waals surface area contributed by atoms with E-state index in [9.17, 15) is 0 Å². The number of nitrogens with zero attached hydrogens (tertiary/aromatic N) is 2. The molecule has 1 aromatic rings. The molecule has 0 atom stereocenters. The summed E-state index contributed by atoms with van der Waals surface area (Å²) in [4.78, 5) is 5.00. The fourth-order valence-corrected chi connectivity index (χ4v) is 3.14. The van der Waals surface area contributed by atoms with E-state index in [-0.39, 0.29) is 0 Å². The number of nitrogens with two attached hydrogens (primary N) is 1. The zero-order valence-corrected chi connectivity index (χ0v) is 11.4. The predicted molar refractivity (Wildman–Crippen MR) is 76.2 cm³/mol. The van der Waals surface area contributed by atoms with Gasteiger partial charge in [0, 0.05) is 38.8 Å². The van der Waals surface area contributed by atoms with Crippen molar-refractivity contribution < 1.29 is 0 Å². The number of hydrogen-bond donors (Lipinski definition) is 1. The second-order valence-corrected chi connectivity index (χ2v) is 5.61. The third-order valence-corrected chi connectivity index (χ3v) is 4.29. The minimum Gasteiger partial charge on any atom is -0.368 e. The van der Waals surface area contributed by atoms with Crippen LogP contribution >= 0.6 is 11.6 Å². The molecule has 1 aliphatic heterocycles. The smallest absolute Gasteiger partial charge is 0.0642 e. The fraction of sp³-hybridized carbons (Fsp3) is 0.571. The highest BCUT2D eigenvalue weighted by Gasteiger charge is 2.31. The van der Waals surface area contributed by atoms with Crippen LogP contribution in [0.25, 0.3) is 0 Å². The van der Waals surface area contributed by atoms with Gasteiger partial charge in [0.1, 0.15) is 0 Å². The molecule has 1 aromatic carbocycles. The Bertz CT molecular complexity index is 423. The normalized spacial score (nSPS) is 21.3. The van der Waals surface area contributed by atoms with Gasteiger partial charge in [-0.25, -0.2) is 0 Å². The van der Waals surface area contributed by atoms with Crippen LogP contribution in [0.2, 0.25) is 5.02 Å². The van der Waals surface area contributed by atoms with E-state index in [2.05, 4.69) is 15.9 Å². The van der Waals surface area contributed by atoms with Crippen LogP contribution in [-0.2, 0) is 6.54 Å². The minimum absolute atomic E-state index is 0.554. The standard InChI is InChI=1S/C14H20ClN3/c15-13-3-1-2-11(10-16)14(13)18-8-6-17(7-9-18)12-4-5-12/h1-3,12H,4-10,16H2. The van der Waals surface area contributed by atoms with Crippen molar-refractivity contribution in [3.8, 4) is 0 Å². The Morgan fingerprint density at radius 1 is 1.17 bits per heavy atom. The van der Waals surface area contributed by atoms with E-state index in [0.29, 0.717) is 6.54 Å². The molecule has 1 saturated carbocycles. The minimum atomic E-state index is 0.554. The fourth-order valence-electron chi connectivity index (χ4n) is 2.83. The first-order valence-electron chi connectivity index (χ1n) is 6.76. The summed E-state index contributed by atoms with van der Waals surface area (Å²) in [5.74, 6) is 0. The largest absolute Gasteiger partial charge is 0.368 e. The van der Waals surface area contributed by atoms with E-state index < -0.39 is 0 Å². The van der Waals surface area contributed by atoms with Gasteiger partial charge in [0.2, 0.25) is 0 Å². The molecule has 1 saturated heterocycles. The first-order valence-corrected chi connectivity index (χ1v) is 7.14. The average molecular weight is 266 g/mol. The molecule has 3 nitrogen and oxygen atoms in total. The second kappa shape index (κ2) is 5.08. The predicted octanol–water partition coefficient (Wildman–Crippen LogP) is 2.08. The molecule has 0 spiro atoms. The van der Waals surface area contributed by atoms with Crippen molar-refractivity contribution in [1.29, 1.82) is 0 Å². The van der Waals surface area contributed by atoms with Crippen LogP contribution in [-0.4, -0.2) is 37.1 Å². The monoisotopic (exact) mass is 265 g/mol. The van der Waals surface area contributed by atoms with Crippen LogP contribution in [0, 0.1) is 0 Å². The number of piperazine rings is 1. The first-order chi connectivity index (χ1) is 8.79. The molecule has 0 unspecified atom stereocenters. The molecule has 18 heavy (non-hydrogen) atoms. The van der Waals surface area contributed by atoms with Gasteiger partial charge in [0.05, 0.1) is 10.7 Å². The van der Waals surface area contributed by atoms with Crippen LogP contribution in [0.3, 0.4) is 0 Å². The van der Waals surface area contributed by atoms with Crippen LogP contribution in [0.5, 0.6) is 0 Å². The molecule has 0 amide bonds. The van der Waals surface area contributed by atoms with Gasteiger partial charge in [0.25, 0.3) is 0 Å². The quantitative estimate of drug-likeness (QED) is 0.908. The maximum absolute atomic E-state index is 6.34. The van der Waals surface area contributed by atoms with E-state index in [1.54, 1.807) is 0 Å². The maximum atomic E-state index is 6.34. The molecule has 0 radical (unpaired) electrons. The summed E-state index contributed by atoms with van der Waals surface area (Å²) < 4.78 is 0. The van der Waals surface area contributed by atoms with Crippen LogP contribution in [0.4, 0.5) is 5.69 Å². The van der Waals surface area contributed by atoms with Crippen molar-refractivity contribution in [2.24, 2.45) is 5.73 Å². The van der Waals surface area contributed by atoms with Crippen LogP contribution < -0.4 is 10.6 Å². The first kappa shape index (κ1) is 12.3. The van der Waals surface area contributed by atoms with Gasteiger partial charge in [-0.1, -0.05) is 23.7 Å². The lowest BCUT2D eigenvalue weighted by Crippen LogP contribution is -2.47. The molecule has 2 N–H and O–H groups in total. The molecule has 0 bridgehead atoms. The zero-order chi connectivity index (χ0) is 12.5. The van der Waals surface area contributed by atoms with E-state index in [0.717, 1.165) is 48.5 Å². The van der Waals surface area contributed by atoms with Crippen molar-refractivity contribution in [2.45, 2.75) is 25.4 Å². The van der Waals surface area contributed by atoms with Crippen molar-refractivity contribution in [3.63, 3.8) is 0 Å². The maximum Gasteiger partial charge on any atom is 0.0642 e. The van der Waals surface area contributed by atoms with Gasteiger partial charge in [-0.15, -0.1) is 0 Å². The third kappa shape index (κ3) is 2.35. The summed E-state index contributed by atoms with van der Waals surface area (Å²) in [6.45, 7) is 4.99. The van der Waals surface area contributed by atoms with E-state index in [4.69, 9.17) is 17.3 Å². The van der Waals surface area contributed by atoms with E-state index in [1.165, 1.54) is 12.8 Å². The Balaban J connectivity index is 1.75. The van der Waals surface area contributed by atoms with Crippen LogP contribution in [0.1, 0.15) is 18.4 Å². The van der Waals surface area contributed by atoms with E-state index in [1.807, 2.05) is 12.1 Å². The Hall–Kier alpha value is -0.770. The van der Waals surface area contributed by atoms with Gasteiger partial charge in [-0.05, 0) is 24.5 Å². The molecule has 1 aliphatic carbocycles. The Kier molecular flexibility index (Phi) is 3.46. The Morgan fingerprint density at radius 3 is 2.50 bits per heavy atom. The van der Waals surface area contributed by atoms with Crippen LogP contribution in [0.15, 0.2) is 18.2 Å². The van der Waals surface area contributed by atoms with Crippen molar-refractivity contribution in [1.82, 2.24) is 4.90 Å².